The summed E-state index contributed by atoms with van der Waals surface area (Å²) >= 11 is 22.7. The maximum absolute atomic E-state index is 13.2. The Balaban J connectivity index is 1.56. The van der Waals surface area contributed by atoms with Crippen molar-refractivity contribution >= 4 is 79.4 Å². The van der Waals surface area contributed by atoms with Crippen LogP contribution in [0.5, 0.6) is 11.5 Å². The van der Waals surface area contributed by atoms with E-state index in [0.29, 0.717) is 44.0 Å². The van der Waals surface area contributed by atoms with Crippen molar-refractivity contribution in [1.82, 2.24) is 4.90 Å². The lowest BCUT2D eigenvalue weighted by atomic mass is 9.94. The normalized spacial score (nSPS) is 18.1. The summed E-state index contributed by atoms with van der Waals surface area (Å²) in [5, 5.41) is 0.979. The maximum Gasteiger partial charge on any atom is 0.266 e. The van der Waals surface area contributed by atoms with Crippen LogP contribution in [0.2, 0.25) is 10.0 Å². The smallest absolute Gasteiger partial charge is 0.266 e. The summed E-state index contributed by atoms with van der Waals surface area (Å²) in [7, 11) is 0. The van der Waals surface area contributed by atoms with E-state index in [4.69, 9.17) is 44.9 Å². The Labute approximate surface area is 228 Å². The standard InChI is InChI=1S/C25H24BrCl2NO3S2/c1-2-31-21-12-16(10-18(26)23(21)32-14-15-8-9-19(27)20(28)11-15)13-22-24(30)29(25(33)34-22)17-6-4-3-5-7-17/h8-13,17H,2-7,14H2,1H3/b22-13-. The van der Waals surface area contributed by atoms with Gasteiger partial charge < -0.3 is 9.47 Å². The van der Waals surface area contributed by atoms with Gasteiger partial charge in [-0.15, -0.1) is 0 Å². The molecule has 0 aromatic heterocycles. The van der Waals surface area contributed by atoms with Gasteiger partial charge in [-0.3, -0.25) is 9.69 Å². The molecule has 0 unspecified atom stereocenters. The molecule has 180 valence electrons. The van der Waals surface area contributed by atoms with Gasteiger partial charge in [-0.05, 0) is 77.2 Å². The number of benzene rings is 2. The zero-order chi connectivity index (χ0) is 24.2. The summed E-state index contributed by atoms with van der Waals surface area (Å²) in [6.45, 7) is 2.69. The molecule has 1 saturated heterocycles. The van der Waals surface area contributed by atoms with Crippen LogP contribution < -0.4 is 9.47 Å². The van der Waals surface area contributed by atoms with Gasteiger partial charge in [-0.25, -0.2) is 0 Å². The molecule has 4 nitrogen and oxygen atoms in total. The number of carbonyl (C=O) groups is 1. The van der Waals surface area contributed by atoms with Crippen molar-refractivity contribution in [2.75, 3.05) is 6.61 Å². The molecule has 4 rings (SSSR count). The molecule has 0 spiro atoms. The van der Waals surface area contributed by atoms with E-state index in [2.05, 4.69) is 15.9 Å². The van der Waals surface area contributed by atoms with Crippen LogP contribution in [0.25, 0.3) is 6.08 Å². The van der Waals surface area contributed by atoms with E-state index in [0.717, 1.165) is 41.3 Å². The minimum Gasteiger partial charge on any atom is -0.490 e. The average Bonchev–Trinajstić information content (AvgIpc) is 3.09. The number of thioether (sulfide) groups is 1. The van der Waals surface area contributed by atoms with E-state index in [1.165, 1.54) is 18.2 Å². The fourth-order valence-corrected chi connectivity index (χ4v) is 6.44. The zero-order valence-electron chi connectivity index (χ0n) is 18.6. The van der Waals surface area contributed by atoms with Crippen LogP contribution >= 0.6 is 63.1 Å². The van der Waals surface area contributed by atoms with Gasteiger partial charge in [0.1, 0.15) is 10.9 Å². The second-order valence-electron chi connectivity index (χ2n) is 8.14. The number of hydrogen-bond donors (Lipinski definition) is 0. The SMILES string of the molecule is CCOc1cc(/C=C2\SC(=S)N(C3CCCCC3)C2=O)cc(Br)c1OCc1ccc(Cl)c(Cl)c1. The summed E-state index contributed by atoms with van der Waals surface area (Å²) in [4.78, 5) is 15.6. The highest BCUT2D eigenvalue weighted by molar-refractivity contribution is 9.10. The van der Waals surface area contributed by atoms with Gasteiger partial charge in [0.05, 0.1) is 26.0 Å². The van der Waals surface area contributed by atoms with Crippen molar-refractivity contribution < 1.29 is 14.3 Å². The van der Waals surface area contributed by atoms with Gasteiger partial charge in [0.2, 0.25) is 0 Å². The number of halogens is 3. The molecule has 2 aromatic rings. The van der Waals surface area contributed by atoms with Crippen LogP contribution in [0.3, 0.4) is 0 Å². The average molecular weight is 601 g/mol. The van der Waals surface area contributed by atoms with Gasteiger partial charge in [0.15, 0.2) is 11.5 Å². The molecule has 34 heavy (non-hydrogen) atoms. The summed E-state index contributed by atoms with van der Waals surface area (Å²) in [6.07, 6.45) is 7.44. The van der Waals surface area contributed by atoms with E-state index in [1.54, 1.807) is 12.1 Å². The first-order valence-electron chi connectivity index (χ1n) is 11.2. The molecular formula is C25H24BrCl2NO3S2. The van der Waals surface area contributed by atoms with Gasteiger partial charge >= 0.3 is 0 Å². The molecule has 1 heterocycles. The lowest BCUT2D eigenvalue weighted by molar-refractivity contribution is -0.124. The molecule has 0 N–H and O–H groups in total. The monoisotopic (exact) mass is 599 g/mol. The number of hydrogen-bond acceptors (Lipinski definition) is 5. The highest BCUT2D eigenvalue weighted by Crippen LogP contribution is 2.41. The topological polar surface area (TPSA) is 38.8 Å². The quantitative estimate of drug-likeness (QED) is 0.236. The van der Waals surface area contributed by atoms with E-state index in [-0.39, 0.29) is 11.9 Å². The van der Waals surface area contributed by atoms with Crippen LogP contribution in [0.15, 0.2) is 39.7 Å². The molecule has 9 heteroatoms. The molecule has 0 radical (unpaired) electrons. The highest BCUT2D eigenvalue weighted by atomic mass is 79.9. The molecule has 1 saturated carbocycles. The predicted octanol–water partition coefficient (Wildman–Crippen LogP) is 8.27. The molecule has 0 bridgehead atoms. The molecular weight excluding hydrogens is 577 g/mol. The minimum absolute atomic E-state index is 0.00377. The van der Waals surface area contributed by atoms with Crippen LogP contribution in [0.4, 0.5) is 0 Å². The van der Waals surface area contributed by atoms with Gasteiger partial charge in [-0.2, -0.15) is 0 Å². The molecule has 0 atom stereocenters. The Morgan fingerprint density at radius 3 is 2.62 bits per heavy atom. The fourth-order valence-electron chi connectivity index (χ4n) is 4.14. The Morgan fingerprint density at radius 2 is 1.91 bits per heavy atom. The van der Waals surface area contributed by atoms with E-state index < -0.39 is 0 Å². The Hall–Kier alpha value is -1.25. The van der Waals surface area contributed by atoms with Crippen molar-refractivity contribution in [2.24, 2.45) is 0 Å². The number of carbonyl (C=O) groups excluding carboxylic acids is 1. The Bertz CT molecular complexity index is 1140. The van der Waals surface area contributed by atoms with Gasteiger partial charge in [0, 0.05) is 6.04 Å². The van der Waals surface area contributed by atoms with Crippen molar-refractivity contribution in [3.8, 4) is 11.5 Å². The first-order chi connectivity index (χ1) is 16.4. The molecule has 2 aliphatic rings. The number of amides is 1. The summed E-state index contributed by atoms with van der Waals surface area (Å²) < 4.78 is 13.3. The van der Waals surface area contributed by atoms with Crippen LogP contribution in [-0.2, 0) is 11.4 Å². The third kappa shape index (κ3) is 5.93. The Morgan fingerprint density at radius 1 is 1.15 bits per heavy atom. The number of thiocarbonyl (C=S) groups is 1. The highest BCUT2D eigenvalue weighted by Gasteiger charge is 2.37. The van der Waals surface area contributed by atoms with Crippen LogP contribution in [-0.4, -0.2) is 27.8 Å². The molecule has 2 aromatic carbocycles. The molecule has 1 aliphatic heterocycles. The minimum atomic E-state index is -0.00377. The fraction of sp³-hybridized carbons (Fsp3) is 0.360. The van der Waals surface area contributed by atoms with E-state index in [9.17, 15) is 4.79 Å². The van der Waals surface area contributed by atoms with Crippen molar-refractivity contribution in [3.05, 3.63) is 60.9 Å². The summed E-state index contributed by atoms with van der Waals surface area (Å²) in [6, 6.07) is 9.40. The molecule has 1 aliphatic carbocycles. The number of ether oxygens (including phenoxy) is 2. The zero-order valence-corrected chi connectivity index (χ0v) is 23.3. The van der Waals surface area contributed by atoms with E-state index in [1.807, 2.05) is 36.1 Å². The first-order valence-corrected chi connectivity index (χ1v) is 13.9. The van der Waals surface area contributed by atoms with Gasteiger partial charge in [-0.1, -0.05) is 72.5 Å². The van der Waals surface area contributed by atoms with Crippen molar-refractivity contribution in [1.29, 1.82) is 0 Å². The van der Waals surface area contributed by atoms with Crippen molar-refractivity contribution in [3.63, 3.8) is 0 Å². The predicted molar refractivity (Wildman–Crippen MR) is 148 cm³/mol. The second kappa shape index (κ2) is 11.7. The lowest BCUT2D eigenvalue weighted by Crippen LogP contribution is -2.39. The van der Waals surface area contributed by atoms with Crippen molar-refractivity contribution in [2.45, 2.75) is 51.7 Å². The van der Waals surface area contributed by atoms with Crippen LogP contribution in [0.1, 0.15) is 50.2 Å². The third-order valence-corrected chi connectivity index (χ3v) is 8.42. The van der Waals surface area contributed by atoms with Crippen LogP contribution in [0, 0.1) is 0 Å². The Kier molecular flexibility index (Phi) is 8.86. The largest absolute Gasteiger partial charge is 0.490 e. The second-order valence-corrected chi connectivity index (χ2v) is 11.5. The van der Waals surface area contributed by atoms with E-state index >= 15 is 0 Å². The summed E-state index contributed by atoms with van der Waals surface area (Å²) in [5.41, 5.74) is 1.72. The van der Waals surface area contributed by atoms with Gasteiger partial charge in [0.25, 0.3) is 5.91 Å². The maximum atomic E-state index is 13.2. The first kappa shape index (κ1) is 25.8. The summed E-state index contributed by atoms with van der Waals surface area (Å²) in [5.74, 6) is 1.17. The molecule has 1 amide bonds. The number of rotatable bonds is 7. The lowest BCUT2D eigenvalue weighted by Gasteiger charge is -2.29. The molecule has 2 fully saturated rings. The third-order valence-electron chi connectivity index (χ3n) is 5.76. The number of nitrogens with zero attached hydrogens (tertiary/aromatic N) is 1.